The molecule has 17 heavy (non-hydrogen) atoms. The van der Waals surface area contributed by atoms with E-state index in [4.69, 9.17) is 9.47 Å². The highest BCUT2D eigenvalue weighted by Gasteiger charge is 2.42. The summed E-state index contributed by atoms with van der Waals surface area (Å²) in [5.41, 5.74) is 0.899. The first kappa shape index (κ1) is 12.2. The Morgan fingerprint density at radius 2 is 2.00 bits per heavy atom. The molecule has 0 bridgehead atoms. The number of methoxy groups -OCH3 is 2. The highest BCUT2D eigenvalue weighted by Crippen LogP contribution is 2.43. The average molecular weight is 239 g/mol. The van der Waals surface area contributed by atoms with Gasteiger partial charge in [-0.25, -0.2) is 4.39 Å². The standard InChI is InChI=1S/C13H18FNO2/c1-15-13(6-7-13)8-9-11(16-2)5-4-10(14)12(9)17-3/h4-5,15H,6-8H2,1-3H3. The van der Waals surface area contributed by atoms with E-state index in [0.29, 0.717) is 11.5 Å². The number of benzene rings is 1. The Morgan fingerprint density at radius 1 is 1.29 bits per heavy atom. The second-order valence-corrected chi connectivity index (χ2v) is 4.47. The summed E-state index contributed by atoms with van der Waals surface area (Å²) in [4.78, 5) is 0. The molecule has 1 fully saturated rings. The van der Waals surface area contributed by atoms with Crippen molar-refractivity contribution in [3.63, 3.8) is 0 Å². The lowest BCUT2D eigenvalue weighted by Gasteiger charge is -2.19. The molecule has 0 spiro atoms. The second-order valence-electron chi connectivity index (χ2n) is 4.47. The van der Waals surface area contributed by atoms with Crippen LogP contribution in [0.2, 0.25) is 0 Å². The summed E-state index contributed by atoms with van der Waals surface area (Å²) in [5, 5.41) is 3.29. The molecular formula is C13H18FNO2. The van der Waals surface area contributed by atoms with Crippen LogP contribution in [0.3, 0.4) is 0 Å². The molecule has 1 N–H and O–H groups in total. The van der Waals surface area contributed by atoms with Gasteiger partial charge >= 0.3 is 0 Å². The Balaban J connectivity index is 2.38. The van der Waals surface area contributed by atoms with E-state index in [1.165, 1.54) is 13.2 Å². The number of rotatable bonds is 5. The molecule has 3 nitrogen and oxygen atoms in total. The molecule has 1 aromatic rings. The van der Waals surface area contributed by atoms with Crippen LogP contribution in [-0.2, 0) is 6.42 Å². The molecule has 0 amide bonds. The first-order chi connectivity index (χ1) is 8.15. The third-order valence-corrected chi connectivity index (χ3v) is 3.49. The predicted molar refractivity (Wildman–Crippen MR) is 64.2 cm³/mol. The summed E-state index contributed by atoms with van der Waals surface area (Å²) in [6, 6.07) is 3.03. The molecule has 0 saturated heterocycles. The molecule has 94 valence electrons. The maximum Gasteiger partial charge on any atom is 0.165 e. The van der Waals surface area contributed by atoms with Gasteiger partial charge in [-0.2, -0.15) is 0 Å². The molecule has 1 aliphatic carbocycles. The van der Waals surface area contributed by atoms with E-state index in [1.54, 1.807) is 13.2 Å². The Morgan fingerprint density at radius 3 is 2.47 bits per heavy atom. The SMILES string of the molecule is CNC1(Cc2c(OC)ccc(F)c2OC)CC1. The molecule has 2 rings (SSSR count). The van der Waals surface area contributed by atoms with E-state index in [2.05, 4.69) is 5.32 Å². The third kappa shape index (κ3) is 2.22. The van der Waals surface area contributed by atoms with Crippen molar-refractivity contribution < 1.29 is 13.9 Å². The Labute approximate surface area is 101 Å². The van der Waals surface area contributed by atoms with Gasteiger partial charge in [0.15, 0.2) is 11.6 Å². The average Bonchev–Trinajstić information content (AvgIpc) is 3.10. The topological polar surface area (TPSA) is 30.5 Å². The van der Waals surface area contributed by atoms with Gasteiger partial charge in [0.2, 0.25) is 0 Å². The first-order valence-corrected chi connectivity index (χ1v) is 5.74. The van der Waals surface area contributed by atoms with Crippen molar-refractivity contribution in [1.29, 1.82) is 0 Å². The highest BCUT2D eigenvalue weighted by molar-refractivity contribution is 5.47. The lowest BCUT2D eigenvalue weighted by atomic mass is 10.0. The zero-order chi connectivity index (χ0) is 12.5. The van der Waals surface area contributed by atoms with Gasteiger partial charge in [-0.15, -0.1) is 0 Å². The van der Waals surface area contributed by atoms with Gasteiger partial charge < -0.3 is 14.8 Å². The minimum absolute atomic E-state index is 0.0916. The van der Waals surface area contributed by atoms with Gasteiger partial charge in [-0.05, 0) is 38.4 Å². The van der Waals surface area contributed by atoms with Gasteiger partial charge in [0, 0.05) is 11.1 Å². The van der Waals surface area contributed by atoms with Crippen molar-refractivity contribution in [2.45, 2.75) is 24.8 Å². The van der Waals surface area contributed by atoms with E-state index < -0.39 is 0 Å². The summed E-state index contributed by atoms with van der Waals surface area (Å²) < 4.78 is 24.1. The number of hydrogen-bond donors (Lipinski definition) is 1. The van der Waals surface area contributed by atoms with E-state index in [1.807, 2.05) is 7.05 Å². The zero-order valence-corrected chi connectivity index (χ0v) is 10.5. The molecule has 1 saturated carbocycles. The molecular weight excluding hydrogens is 221 g/mol. The van der Waals surface area contributed by atoms with E-state index >= 15 is 0 Å². The molecule has 4 heteroatoms. The molecule has 0 aliphatic heterocycles. The molecule has 0 radical (unpaired) electrons. The fourth-order valence-electron chi connectivity index (χ4n) is 2.16. The smallest absolute Gasteiger partial charge is 0.165 e. The quantitative estimate of drug-likeness (QED) is 0.854. The van der Waals surface area contributed by atoms with Crippen molar-refractivity contribution >= 4 is 0 Å². The number of hydrogen-bond acceptors (Lipinski definition) is 3. The molecule has 0 atom stereocenters. The fourth-order valence-corrected chi connectivity index (χ4v) is 2.16. The third-order valence-electron chi connectivity index (χ3n) is 3.49. The van der Waals surface area contributed by atoms with Crippen LogP contribution in [0.1, 0.15) is 18.4 Å². The van der Waals surface area contributed by atoms with Crippen LogP contribution in [0.25, 0.3) is 0 Å². The fraction of sp³-hybridized carbons (Fsp3) is 0.538. The van der Waals surface area contributed by atoms with Gasteiger partial charge in [0.1, 0.15) is 5.75 Å². The van der Waals surface area contributed by atoms with Gasteiger partial charge in [0.25, 0.3) is 0 Å². The van der Waals surface area contributed by atoms with Gasteiger partial charge in [-0.3, -0.25) is 0 Å². The van der Waals surface area contributed by atoms with Crippen molar-refractivity contribution in [2.75, 3.05) is 21.3 Å². The molecule has 0 heterocycles. The molecule has 0 unspecified atom stereocenters. The zero-order valence-electron chi connectivity index (χ0n) is 10.5. The Hall–Kier alpha value is -1.29. The van der Waals surface area contributed by atoms with Crippen LogP contribution in [0.15, 0.2) is 12.1 Å². The maximum atomic E-state index is 13.7. The lowest BCUT2D eigenvalue weighted by Crippen LogP contribution is -2.30. The lowest BCUT2D eigenvalue weighted by molar-refractivity contribution is 0.360. The first-order valence-electron chi connectivity index (χ1n) is 5.74. The van der Waals surface area contributed by atoms with Crippen molar-refractivity contribution in [2.24, 2.45) is 0 Å². The highest BCUT2D eigenvalue weighted by atomic mass is 19.1. The maximum absolute atomic E-state index is 13.7. The summed E-state index contributed by atoms with van der Waals surface area (Å²) in [7, 11) is 5.01. The van der Waals surface area contributed by atoms with Gasteiger partial charge in [-0.1, -0.05) is 0 Å². The Kier molecular flexibility index (Phi) is 3.24. The summed E-state index contributed by atoms with van der Waals surface area (Å²) in [6.45, 7) is 0. The number of halogens is 1. The molecule has 1 aliphatic rings. The van der Waals surface area contributed by atoms with Crippen molar-refractivity contribution in [3.8, 4) is 11.5 Å². The number of likely N-dealkylation sites (N-methyl/N-ethyl adjacent to an activating group) is 1. The molecule has 0 aromatic heterocycles. The number of ether oxygens (including phenoxy) is 2. The predicted octanol–water partition coefficient (Wildman–Crippen LogP) is 2.14. The minimum atomic E-state index is -0.338. The van der Waals surface area contributed by atoms with Gasteiger partial charge in [0.05, 0.1) is 14.2 Å². The monoisotopic (exact) mass is 239 g/mol. The van der Waals surface area contributed by atoms with E-state index in [-0.39, 0.29) is 11.4 Å². The molecule has 1 aromatic carbocycles. The van der Waals surface area contributed by atoms with Crippen molar-refractivity contribution in [3.05, 3.63) is 23.5 Å². The summed E-state index contributed by atoms with van der Waals surface area (Å²) in [6.07, 6.45) is 2.94. The minimum Gasteiger partial charge on any atom is -0.496 e. The van der Waals surface area contributed by atoms with Crippen molar-refractivity contribution in [1.82, 2.24) is 5.32 Å². The van der Waals surface area contributed by atoms with Crippen LogP contribution >= 0.6 is 0 Å². The summed E-state index contributed by atoms with van der Waals surface area (Å²) >= 11 is 0. The van der Waals surface area contributed by atoms with Crippen LogP contribution in [0, 0.1) is 5.82 Å². The Bertz CT molecular complexity index is 416. The number of nitrogens with one attached hydrogen (secondary N) is 1. The summed E-state index contributed by atoms with van der Waals surface area (Å²) in [5.74, 6) is 0.644. The van der Waals surface area contributed by atoms with Crippen LogP contribution in [0.5, 0.6) is 11.5 Å². The normalized spacial score (nSPS) is 16.7. The van der Waals surface area contributed by atoms with E-state index in [0.717, 1.165) is 24.8 Å². The van der Waals surface area contributed by atoms with Crippen LogP contribution in [-0.4, -0.2) is 26.8 Å². The van der Waals surface area contributed by atoms with Crippen LogP contribution in [0.4, 0.5) is 4.39 Å². The van der Waals surface area contributed by atoms with Crippen LogP contribution < -0.4 is 14.8 Å². The largest absolute Gasteiger partial charge is 0.496 e. The second kappa shape index (κ2) is 4.53. The van der Waals surface area contributed by atoms with E-state index in [9.17, 15) is 4.39 Å².